The van der Waals surface area contributed by atoms with Crippen molar-refractivity contribution in [2.75, 3.05) is 13.2 Å². The number of amides is 2. The molecule has 32 heavy (non-hydrogen) atoms. The smallest absolute Gasteiger partial charge is 0.258 e. The van der Waals surface area contributed by atoms with Crippen molar-refractivity contribution in [1.82, 2.24) is 10.2 Å². The number of carbonyl (C=O) groups is 2. The van der Waals surface area contributed by atoms with E-state index in [1.165, 1.54) is 11.1 Å². The van der Waals surface area contributed by atoms with Gasteiger partial charge in [-0.25, -0.2) is 0 Å². The number of hydrogen-bond donors (Lipinski definition) is 1. The first kappa shape index (κ1) is 21.7. The van der Waals surface area contributed by atoms with E-state index in [0.717, 1.165) is 17.5 Å². The Labute approximate surface area is 188 Å². The fourth-order valence-electron chi connectivity index (χ4n) is 4.06. The Morgan fingerprint density at radius 1 is 1.16 bits per heavy atom. The van der Waals surface area contributed by atoms with Gasteiger partial charge in [0.15, 0.2) is 6.61 Å². The second-order valence-corrected chi connectivity index (χ2v) is 8.01. The van der Waals surface area contributed by atoms with Crippen LogP contribution < -0.4 is 10.1 Å². The van der Waals surface area contributed by atoms with Crippen LogP contribution in [0, 0.1) is 6.92 Å². The summed E-state index contributed by atoms with van der Waals surface area (Å²) in [4.78, 5) is 26.8. The van der Waals surface area contributed by atoms with Crippen LogP contribution in [0.25, 0.3) is 0 Å². The molecule has 6 heteroatoms. The molecule has 0 saturated carbocycles. The minimum Gasteiger partial charge on any atom is -0.484 e. The van der Waals surface area contributed by atoms with Crippen LogP contribution >= 0.6 is 0 Å². The van der Waals surface area contributed by atoms with Gasteiger partial charge >= 0.3 is 0 Å². The van der Waals surface area contributed by atoms with Crippen LogP contribution in [0.5, 0.6) is 5.75 Å². The van der Waals surface area contributed by atoms with Gasteiger partial charge in [0.1, 0.15) is 11.5 Å². The molecular weight excluding hydrogens is 404 g/mol. The maximum absolute atomic E-state index is 12.7. The van der Waals surface area contributed by atoms with Crippen molar-refractivity contribution in [1.29, 1.82) is 0 Å². The van der Waals surface area contributed by atoms with Gasteiger partial charge in [-0.1, -0.05) is 42.8 Å². The van der Waals surface area contributed by atoms with Crippen LogP contribution in [0.4, 0.5) is 0 Å². The SMILES string of the molecule is CCC(=O)N1CCc2ccc(OCC(=O)NCc3ccco3)cc2[C@@H]1c1ccc(C)cc1. The summed E-state index contributed by atoms with van der Waals surface area (Å²) in [7, 11) is 0. The molecule has 2 amide bonds. The molecule has 2 aromatic carbocycles. The fraction of sp³-hybridized carbons (Fsp3) is 0.308. The number of ether oxygens (including phenoxy) is 1. The monoisotopic (exact) mass is 432 g/mol. The largest absolute Gasteiger partial charge is 0.484 e. The summed E-state index contributed by atoms with van der Waals surface area (Å²) in [5.74, 6) is 1.20. The average Bonchev–Trinajstić information content (AvgIpc) is 3.34. The molecule has 0 spiro atoms. The predicted octanol–water partition coefficient (Wildman–Crippen LogP) is 4.17. The molecule has 0 aliphatic carbocycles. The molecule has 0 radical (unpaired) electrons. The normalized spacial score (nSPS) is 15.2. The topological polar surface area (TPSA) is 71.8 Å². The van der Waals surface area contributed by atoms with Crippen LogP contribution in [-0.2, 0) is 22.6 Å². The number of aryl methyl sites for hydroxylation is 1. The number of benzene rings is 2. The molecule has 1 atom stereocenters. The Kier molecular flexibility index (Phi) is 6.59. The maximum Gasteiger partial charge on any atom is 0.258 e. The lowest BCUT2D eigenvalue weighted by molar-refractivity contribution is -0.133. The van der Waals surface area contributed by atoms with Crippen molar-refractivity contribution in [3.63, 3.8) is 0 Å². The standard InChI is InChI=1S/C26H28N2O4/c1-3-25(30)28-13-12-19-10-11-21(32-17-24(29)27-16-22-5-4-14-31-22)15-23(19)26(28)20-8-6-18(2)7-9-20/h4-11,14-15,26H,3,12-13,16-17H2,1-2H3,(H,27,29)/t26-/m0/s1. The minimum absolute atomic E-state index is 0.0910. The number of fused-ring (bicyclic) bond motifs is 1. The van der Waals surface area contributed by atoms with Crippen molar-refractivity contribution in [2.45, 2.75) is 39.3 Å². The van der Waals surface area contributed by atoms with Crippen molar-refractivity contribution in [3.05, 3.63) is 88.9 Å². The second-order valence-electron chi connectivity index (χ2n) is 8.01. The Morgan fingerprint density at radius 2 is 1.97 bits per heavy atom. The van der Waals surface area contributed by atoms with Gasteiger partial charge in [0.25, 0.3) is 5.91 Å². The summed E-state index contributed by atoms with van der Waals surface area (Å²) in [6.45, 7) is 4.87. The zero-order valence-corrected chi connectivity index (χ0v) is 18.5. The van der Waals surface area contributed by atoms with Gasteiger partial charge in [-0.3, -0.25) is 9.59 Å². The van der Waals surface area contributed by atoms with E-state index in [1.54, 1.807) is 18.4 Å². The van der Waals surface area contributed by atoms with Gasteiger partial charge in [-0.15, -0.1) is 0 Å². The summed E-state index contributed by atoms with van der Waals surface area (Å²) in [5.41, 5.74) is 4.50. The number of hydrogen-bond acceptors (Lipinski definition) is 4. The molecule has 0 saturated heterocycles. The molecule has 1 N–H and O–H groups in total. The number of nitrogens with zero attached hydrogens (tertiary/aromatic N) is 1. The number of rotatable bonds is 7. The van der Waals surface area contributed by atoms with E-state index in [0.29, 0.717) is 31.0 Å². The summed E-state index contributed by atoms with van der Waals surface area (Å²) in [6, 6.07) is 17.6. The molecular formula is C26H28N2O4. The van der Waals surface area contributed by atoms with E-state index in [-0.39, 0.29) is 24.5 Å². The van der Waals surface area contributed by atoms with Gasteiger partial charge in [0.2, 0.25) is 5.91 Å². The third-order valence-electron chi connectivity index (χ3n) is 5.77. The lowest BCUT2D eigenvalue weighted by Gasteiger charge is -2.38. The van der Waals surface area contributed by atoms with Crippen LogP contribution in [0.15, 0.2) is 65.3 Å². The number of nitrogens with one attached hydrogen (secondary N) is 1. The first-order valence-corrected chi connectivity index (χ1v) is 11.0. The fourth-order valence-corrected chi connectivity index (χ4v) is 4.06. The molecule has 1 aromatic heterocycles. The maximum atomic E-state index is 12.7. The van der Waals surface area contributed by atoms with E-state index in [1.807, 2.05) is 30.0 Å². The first-order valence-electron chi connectivity index (χ1n) is 11.0. The number of furan rings is 1. The molecule has 1 aliphatic heterocycles. The molecule has 1 aliphatic rings. The van der Waals surface area contributed by atoms with Crippen LogP contribution in [0.1, 0.15) is 47.4 Å². The third kappa shape index (κ3) is 4.85. The van der Waals surface area contributed by atoms with E-state index in [2.05, 4.69) is 36.5 Å². The highest BCUT2D eigenvalue weighted by Crippen LogP contribution is 2.37. The summed E-state index contributed by atoms with van der Waals surface area (Å²) in [5, 5.41) is 2.78. The van der Waals surface area contributed by atoms with Crippen molar-refractivity contribution in [2.24, 2.45) is 0 Å². The summed E-state index contributed by atoms with van der Waals surface area (Å²) < 4.78 is 11.0. The Hall–Kier alpha value is -3.54. The third-order valence-corrected chi connectivity index (χ3v) is 5.77. The van der Waals surface area contributed by atoms with Crippen LogP contribution in [0.3, 0.4) is 0 Å². The van der Waals surface area contributed by atoms with E-state index >= 15 is 0 Å². The molecule has 3 aromatic rings. The van der Waals surface area contributed by atoms with Gasteiger partial charge in [0.05, 0.1) is 18.8 Å². The zero-order chi connectivity index (χ0) is 22.5. The first-order chi connectivity index (χ1) is 15.5. The van der Waals surface area contributed by atoms with E-state index in [9.17, 15) is 9.59 Å². The van der Waals surface area contributed by atoms with E-state index < -0.39 is 0 Å². The Balaban J connectivity index is 1.53. The molecule has 2 heterocycles. The quantitative estimate of drug-likeness (QED) is 0.608. The van der Waals surface area contributed by atoms with Gasteiger partial charge in [-0.05, 0) is 54.3 Å². The molecule has 4 rings (SSSR count). The van der Waals surface area contributed by atoms with E-state index in [4.69, 9.17) is 9.15 Å². The molecule has 0 bridgehead atoms. The minimum atomic E-state index is -0.225. The zero-order valence-electron chi connectivity index (χ0n) is 18.5. The second kappa shape index (κ2) is 9.73. The van der Waals surface area contributed by atoms with Crippen molar-refractivity contribution < 1.29 is 18.7 Å². The molecule has 166 valence electrons. The highest BCUT2D eigenvalue weighted by Gasteiger charge is 2.31. The van der Waals surface area contributed by atoms with Gasteiger partial charge < -0.3 is 19.4 Å². The summed E-state index contributed by atoms with van der Waals surface area (Å²) >= 11 is 0. The Morgan fingerprint density at radius 3 is 2.69 bits per heavy atom. The molecule has 0 fully saturated rings. The summed E-state index contributed by atoms with van der Waals surface area (Å²) in [6.07, 6.45) is 2.83. The molecule has 6 nitrogen and oxygen atoms in total. The number of carbonyl (C=O) groups excluding carboxylic acids is 2. The van der Waals surface area contributed by atoms with Gasteiger partial charge in [0, 0.05) is 13.0 Å². The van der Waals surface area contributed by atoms with Crippen molar-refractivity contribution in [3.8, 4) is 5.75 Å². The molecule has 0 unspecified atom stereocenters. The highest BCUT2D eigenvalue weighted by atomic mass is 16.5. The lowest BCUT2D eigenvalue weighted by atomic mass is 9.87. The lowest BCUT2D eigenvalue weighted by Crippen LogP contribution is -2.40. The van der Waals surface area contributed by atoms with Gasteiger partial charge in [-0.2, -0.15) is 0 Å². The Bertz CT molecular complexity index is 1070. The highest BCUT2D eigenvalue weighted by molar-refractivity contribution is 5.78. The predicted molar refractivity (Wildman–Crippen MR) is 121 cm³/mol. The van der Waals surface area contributed by atoms with Crippen molar-refractivity contribution >= 4 is 11.8 Å². The average molecular weight is 433 g/mol. The van der Waals surface area contributed by atoms with Crippen LogP contribution in [-0.4, -0.2) is 29.9 Å². The van der Waals surface area contributed by atoms with Crippen LogP contribution in [0.2, 0.25) is 0 Å².